The molecule has 1 N–H and O–H groups in total. The van der Waals surface area contributed by atoms with Crippen molar-refractivity contribution in [3.05, 3.63) is 108 Å². The van der Waals surface area contributed by atoms with E-state index < -0.39 is 19.8 Å². The summed E-state index contributed by atoms with van der Waals surface area (Å²) in [4.78, 5) is 12.6. The molecule has 0 aliphatic carbocycles. The number of carbonyl (C=O) groups excluding carboxylic acids is 1. The summed E-state index contributed by atoms with van der Waals surface area (Å²) in [5.41, 5.74) is 0.843. The van der Waals surface area contributed by atoms with Crippen molar-refractivity contribution in [1.82, 2.24) is 5.09 Å². The molecule has 0 radical (unpaired) electrons. The highest BCUT2D eigenvalue weighted by atomic mass is 35.5. The number of esters is 1. The van der Waals surface area contributed by atoms with E-state index in [9.17, 15) is 9.36 Å². The normalized spacial score (nSPS) is 13.6. The fourth-order valence-electron chi connectivity index (χ4n) is 3.25. The molecular weight excluding hydrogens is 473 g/mol. The van der Waals surface area contributed by atoms with Gasteiger partial charge >= 0.3 is 13.7 Å². The monoisotopic (exact) mass is 495 g/mol. The second kappa shape index (κ2) is 10.7. The van der Waals surface area contributed by atoms with Crippen LogP contribution in [0, 0.1) is 0 Å². The minimum Gasteiger partial charge on any atom is -0.460 e. The SMILES string of the molecule is C[C@H](NP(=O)(Oc1ccc(Cl)cc1)Oc1cccc2ccccc12)C(=O)OCc1ccccc1. The van der Waals surface area contributed by atoms with Crippen LogP contribution in [-0.4, -0.2) is 12.0 Å². The summed E-state index contributed by atoms with van der Waals surface area (Å²) in [6.07, 6.45) is 0. The summed E-state index contributed by atoms with van der Waals surface area (Å²) in [5, 5.41) is 4.88. The molecular formula is C26H23ClNO5P. The van der Waals surface area contributed by atoms with Crippen LogP contribution in [0.3, 0.4) is 0 Å². The maximum absolute atomic E-state index is 13.9. The number of ether oxygens (including phenoxy) is 1. The Morgan fingerprint density at radius 3 is 2.32 bits per heavy atom. The fraction of sp³-hybridized carbons (Fsp3) is 0.115. The van der Waals surface area contributed by atoms with Crippen molar-refractivity contribution in [2.45, 2.75) is 19.6 Å². The second-order valence-corrected chi connectivity index (χ2v) is 9.61. The number of fused-ring (bicyclic) bond motifs is 1. The van der Waals surface area contributed by atoms with Crippen molar-refractivity contribution in [3.63, 3.8) is 0 Å². The van der Waals surface area contributed by atoms with Crippen molar-refractivity contribution in [2.24, 2.45) is 0 Å². The fourth-order valence-corrected chi connectivity index (χ4v) is 4.92. The van der Waals surface area contributed by atoms with E-state index in [-0.39, 0.29) is 12.4 Å². The van der Waals surface area contributed by atoms with E-state index >= 15 is 0 Å². The van der Waals surface area contributed by atoms with Crippen LogP contribution in [0.1, 0.15) is 12.5 Å². The second-order valence-electron chi connectivity index (χ2n) is 7.56. The molecule has 0 spiro atoms. The summed E-state index contributed by atoms with van der Waals surface area (Å²) >= 11 is 5.96. The minimum absolute atomic E-state index is 0.0955. The molecule has 174 valence electrons. The Morgan fingerprint density at radius 2 is 1.56 bits per heavy atom. The number of hydrogen-bond donors (Lipinski definition) is 1. The predicted molar refractivity (Wildman–Crippen MR) is 133 cm³/mol. The van der Waals surface area contributed by atoms with Crippen LogP contribution < -0.4 is 14.1 Å². The zero-order chi connectivity index (χ0) is 24.0. The first-order chi connectivity index (χ1) is 16.4. The Balaban J connectivity index is 1.56. The average molecular weight is 496 g/mol. The Hall–Kier alpha value is -3.31. The largest absolute Gasteiger partial charge is 0.513 e. The third-order valence-electron chi connectivity index (χ3n) is 4.94. The lowest BCUT2D eigenvalue weighted by molar-refractivity contribution is -0.146. The molecule has 0 aliphatic rings. The van der Waals surface area contributed by atoms with E-state index in [0.717, 1.165) is 16.3 Å². The number of rotatable bonds is 9. The number of halogens is 1. The summed E-state index contributed by atoms with van der Waals surface area (Å²) in [6, 6.07) is 27.6. The zero-order valence-corrected chi connectivity index (χ0v) is 20.0. The van der Waals surface area contributed by atoms with E-state index in [1.807, 2.05) is 60.7 Å². The molecule has 2 atom stereocenters. The maximum atomic E-state index is 13.9. The molecule has 8 heteroatoms. The Morgan fingerprint density at radius 1 is 0.882 bits per heavy atom. The van der Waals surface area contributed by atoms with Crippen molar-refractivity contribution in [1.29, 1.82) is 0 Å². The molecule has 0 saturated heterocycles. The highest BCUT2D eigenvalue weighted by Gasteiger charge is 2.34. The van der Waals surface area contributed by atoms with Gasteiger partial charge < -0.3 is 13.8 Å². The van der Waals surface area contributed by atoms with Crippen molar-refractivity contribution >= 4 is 36.1 Å². The molecule has 4 aromatic rings. The Labute approximate surface area is 203 Å². The van der Waals surface area contributed by atoms with Gasteiger partial charge in [-0.25, -0.2) is 4.57 Å². The standard InChI is InChI=1S/C26H23ClNO5P/c1-19(26(29)31-18-20-8-3-2-4-9-20)28-34(30,32-23-16-14-22(27)15-17-23)33-25-13-7-11-21-10-5-6-12-24(21)25/h2-17,19H,18H2,1H3,(H,28,30)/t19-,34?/m0/s1. The van der Waals surface area contributed by atoms with Gasteiger partial charge in [-0.05, 0) is 48.2 Å². The third kappa shape index (κ3) is 6.17. The summed E-state index contributed by atoms with van der Waals surface area (Å²) in [5.74, 6) is 0.0309. The molecule has 0 heterocycles. The first-order valence-corrected chi connectivity index (χ1v) is 12.5. The topological polar surface area (TPSA) is 73.9 Å². The molecule has 0 amide bonds. The van der Waals surface area contributed by atoms with Gasteiger partial charge in [0, 0.05) is 10.4 Å². The smallest absolute Gasteiger partial charge is 0.460 e. The number of benzene rings is 4. The number of hydrogen-bond acceptors (Lipinski definition) is 5. The lowest BCUT2D eigenvalue weighted by atomic mass is 10.1. The van der Waals surface area contributed by atoms with Gasteiger partial charge in [0.15, 0.2) is 0 Å². The lowest BCUT2D eigenvalue weighted by Crippen LogP contribution is -2.35. The van der Waals surface area contributed by atoms with E-state index in [4.69, 9.17) is 25.4 Å². The van der Waals surface area contributed by atoms with E-state index in [1.165, 1.54) is 6.92 Å². The van der Waals surface area contributed by atoms with Crippen LogP contribution in [-0.2, 0) is 20.7 Å². The van der Waals surface area contributed by atoms with Crippen LogP contribution in [0.25, 0.3) is 10.8 Å². The molecule has 4 rings (SSSR count). The summed E-state index contributed by atoms with van der Waals surface area (Å²) in [6.45, 7) is 1.63. The van der Waals surface area contributed by atoms with Crippen molar-refractivity contribution < 1.29 is 23.1 Å². The molecule has 0 aromatic heterocycles. The van der Waals surface area contributed by atoms with E-state index in [2.05, 4.69) is 5.09 Å². The summed E-state index contributed by atoms with van der Waals surface area (Å²) in [7, 11) is -4.08. The predicted octanol–water partition coefficient (Wildman–Crippen LogP) is 6.78. The van der Waals surface area contributed by atoms with Crippen LogP contribution in [0.4, 0.5) is 0 Å². The number of nitrogens with one attached hydrogen (secondary N) is 1. The Bertz CT molecular complexity index is 1310. The van der Waals surface area contributed by atoms with Crippen LogP contribution in [0.5, 0.6) is 11.5 Å². The first kappa shape index (κ1) is 23.8. The van der Waals surface area contributed by atoms with Gasteiger partial charge in [-0.3, -0.25) is 4.79 Å². The summed E-state index contributed by atoms with van der Waals surface area (Å²) < 4.78 is 30.9. The lowest BCUT2D eigenvalue weighted by Gasteiger charge is -2.23. The molecule has 0 aliphatic heterocycles. The van der Waals surface area contributed by atoms with Gasteiger partial charge in [0.05, 0.1) is 0 Å². The van der Waals surface area contributed by atoms with Gasteiger partial charge in [-0.2, -0.15) is 5.09 Å². The average Bonchev–Trinajstić information content (AvgIpc) is 2.84. The van der Waals surface area contributed by atoms with Gasteiger partial charge in [0.25, 0.3) is 0 Å². The Kier molecular flexibility index (Phi) is 7.53. The van der Waals surface area contributed by atoms with Crippen molar-refractivity contribution in [2.75, 3.05) is 0 Å². The van der Waals surface area contributed by atoms with Gasteiger partial charge in [0.2, 0.25) is 0 Å². The van der Waals surface area contributed by atoms with Crippen molar-refractivity contribution in [3.8, 4) is 11.5 Å². The van der Waals surface area contributed by atoms with Crippen LogP contribution >= 0.6 is 19.3 Å². The van der Waals surface area contributed by atoms with Gasteiger partial charge in [0.1, 0.15) is 24.1 Å². The van der Waals surface area contributed by atoms with Gasteiger partial charge in [-0.15, -0.1) is 0 Å². The van der Waals surface area contributed by atoms with Crippen LogP contribution in [0.2, 0.25) is 5.02 Å². The molecule has 6 nitrogen and oxygen atoms in total. The highest BCUT2D eigenvalue weighted by Crippen LogP contribution is 2.47. The third-order valence-corrected chi connectivity index (χ3v) is 6.78. The quantitative estimate of drug-likeness (QED) is 0.204. The number of carbonyl (C=O) groups is 1. The molecule has 0 fully saturated rings. The maximum Gasteiger partial charge on any atom is 0.513 e. The minimum atomic E-state index is -4.08. The molecule has 0 bridgehead atoms. The highest BCUT2D eigenvalue weighted by molar-refractivity contribution is 7.52. The van der Waals surface area contributed by atoms with Crippen LogP contribution in [0.15, 0.2) is 97.1 Å². The zero-order valence-electron chi connectivity index (χ0n) is 18.4. The van der Waals surface area contributed by atoms with E-state index in [1.54, 1.807) is 36.4 Å². The molecule has 4 aromatic carbocycles. The molecule has 34 heavy (non-hydrogen) atoms. The molecule has 1 unspecified atom stereocenters. The van der Waals surface area contributed by atoms with Gasteiger partial charge in [-0.1, -0.05) is 78.3 Å². The van der Waals surface area contributed by atoms with E-state index in [0.29, 0.717) is 10.8 Å². The molecule has 0 saturated carbocycles. The first-order valence-electron chi connectivity index (χ1n) is 10.6.